The van der Waals surface area contributed by atoms with Gasteiger partial charge < -0.3 is 0 Å². The van der Waals surface area contributed by atoms with Crippen molar-refractivity contribution in [2.75, 3.05) is 13.1 Å². The standard InChI is InChI=1S/C14H15ClFNO2S/c15-13-9-12(3-4-14(13)16)20(18,19)17-7-5-11(6-8-17)10-1-2-10/h3-4,9H,1-2,5-8H2. The Morgan fingerprint density at radius 2 is 1.65 bits per heavy atom. The summed E-state index contributed by atoms with van der Waals surface area (Å²) in [5.74, 6) is -0.606. The molecule has 20 heavy (non-hydrogen) atoms. The van der Waals surface area contributed by atoms with E-state index >= 15 is 0 Å². The van der Waals surface area contributed by atoms with Crippen LogP contribution in [0.25, 0.3) is 0 Å². The second-order valence-corrected chi connectivity index (χ2v) is 7.53. The van der Waals surface area contributed by atoms with Gasteiger partial charge in [-0.15, -0.1) is 0 Å². The van der Waals surface area contributed by atoms with E-state index in [-0.39, 0.29) is 9.92 Å². The Morgan fingerprint density at radius 3 is 2.20 bits per heavy atom. The van der Waals surface area contributed by atoms with Gasteiger partial charge in [-0.2, -0.15) is 4.31 Å². The number of benzene rings is 1. The number of hydrogen-bond donors (Lipinski definition) is 0. The number of piperidine rings is 1. The summed E-state index contributed by atoms with van der Waals surface area (Å²) in [6, 6.07) is 3.54. The summed E-state index contributed by atoms with van der Waals surface area (Å²) in [5, 5.41) is -0.163. The SMILES string of the molecule is O=S(=O)(c1ccc(F)c(Cl)c1)N1CCC(=C2CC2)CC1. The zero-order chi connectivity index (χ0) is 14.3. The second kappa shape index (κ2) is 5.13. The van der Waals surface area contributed by atoms with Crippen LogP contribution < -0.4 is 0 Å². The van der Waals surface area contributed by atoms with E-state index in [0.29, 0.717) is 13.1 Å². The van der Waals surface area contributed by atoms with Crippen LogP contribution in [-0.4, -0.2) is 25.8 Å². The third-order valence-corrected chi connectivity index (χ3v) is 6.04. The van der Waals surface area contributed by atoms with Gasteiger partial charge >= 0.3 is 0 Å². The largest absolute Gasteiger partial charge is 0.243 e. The molecule has 1 aromatic rings. The lowest BCUT2D eigenvalue weighted by Crippen LogP contribution is -2.36. The van der Waals surface area contributed by atoms with Crippen molar-refractivity contribution in [3.8, 4) is 0 Å². The average Bonchev–Trinajstić information content (AvgIpc) is 3.26. The van der Waals surface area contributed by atoms with Gasteiger partial charge in [0.2, 0.25) is 10.0 Å². The fourth-order valence-electron chi connectivity index (χ4n) is 2.55. The Hall–Kier alpha value is -0.910. The van der Waals surface area contributed by atoms with Crippen LogP contribution in [-0.2, 0) is 10.0 Å². The second-order valence-electron chi connectivity index (χ2n) is 5.19. The first-order valence-electron chi connectivity index (χ1n) is 6.63. The lowest BCUT2D eigenvalue weighted by molar-refractivity contribution is 0.386. The minimum absolute atomic E-state index is 0.0615. The van der Waals surface area contributed by atoms with Crippen molar-refractivity contribution < 1.29 is 12.8 Å². The molecule has 0 atom stereocenters. The molecular weight excluding hydrogens is 301 g/mol. The van der Waals surface area contributed by atoms with Crippen molar-refractivity contribution in [2.24, 2.45) is 0 Å². The Balaban J connectivity index is 1.81. The molecule has 0 amide bonds. The van der Waals surface area contributed by atoms with E-state index in [1.165, 1.54) is 40.4 Å². The minimum Gasteiger partial charge on any atom is -0.207 e. The van der Waals surface area contributed by atoms with E-state index in [4.69, 9.17) is 11.6 Å². The molecular formula is C14H15ClFNO2S. The molecule has 1 aliphatic heterocycles. The van der Waals surface area contributed by atoms with Crippen molar-refractivity contribution in [1.29, 1.82) is 0 Å². The highest BCUT2D eigenvalue weighted by atomic mass is 35.5. The third kappa shape index (κ3) is 2.62. The molecule has 1 aromatic carbocycles. The third-order valence-electron chi connectivity index (χ3n) is 3.85. The van der Waals surface area contributed by atoms with Crippen LogP contribution in [0.3, 0.4) is 0 Å². The number of rotatable bonds is 2. The first-order valence-corrected chi connectivity index (χ1v) is 8.45. The Labute approximate surface area is 123 Å². The highest BCUT2D eigenvalue weighted by Crippen LogP contribution is 2.37. The molecule has 1 saturated carbocycles. The molecule has 0 radical (unpaired) electrons. The van der Waals surface area contributed by atoms with Gasteiger partial charge in [0.05, 0.1) is 9.92 Å². The van der Waals surface area contributed by atoms with E-state index in [9.17, 15) is 12.8 Å². The number of sulfonamides is 1. The van der Waals surface area contributed by atoms with Gasteiger partial charge in [-0.05, 0) is 43.9 Å². The molecule has 108 valence electrons. The molecule has 1 saturated heterocycles. The van der Waals surface area contributed by atoms with Gasteiger partial charge in [0.25, 0.3) is 0 Å². The van der Waals surface area contributed by atoms with Crippen molar-refractivity contribution >= 4 is 21.6 Å². The average molecular weight is 316 g/mol. The van der Waals surface area contributed by atoms with E-state index in [1.54, 1.807) is 0 Å². The van der Waals surface area contributed by atoms with Crippen molar-refractivity contribution in [3.05, 3.63) is 40.2 Å². The predicted molar refractivity (Wildman–Crippen MR) is 75.7 cm³/mol. The number of hydrogen-bond acceptors (Lipinski definition) is 2. The first kappa shape index (κ1) is 14.0. The molecule has 0 N–H and O–H groups in total. The molecule has 3 nitrogen and oxygen atoms in total. The van der Waals surface area contributed by atoms with Gasteiger partial charge in [0.1, 0.15) is 5.82 Å². The molecule has 1 aliphatic carbocycles. The summed E-state index contributed by atoms with van der Waals surface area (Å²) in [7, 11) is -3.57. The van der Waals surface area contributed by atoms with Crippen LogP contribution in [0.2, 0.25) is 5.02 Å². The van der Waals surface area contributed by atoms with Crippen LogP contribution in [0.15, 0.2) is 34.2 Å². The summed E-state index contributed by atoms with van der Waals surface area (Å²) in [6.45, 7) is 0.992. The molecule has 2 fully saturated rings. The lowest BCUT2D eigenvalue weighted by atomic mass is 10.1. The van der Waals surface area contributed by atoms with Gasteiger partial charge in [0.15, 0.2) is 0 Å². The molecule has 0 spiro atoms. The fraction of sp³-hybridized carbons (Fsp3) is 0.429. The van der Waals surface area contributed by atoms with Crippen LogP contribution >= 0.6 is 11.6 Å². The molecule has 0 aromatic heterocycles. The van der Waals surface area contributed by atoms with E-state index in [0.717, 1.165) is 18.9 Å². The maximum atomic E-state index is 13.1. The van der Waals surface area contributed by atoms with Crippen LogP contribution in [0.4, 0.5) is 4.39 Å². The number of allylic oxidation sites excluding steroid dienone is 1. The topological polar surface area (TPSA) is 37.4 Å². The summed E-state index contributed by atoms with van der Waals surface area (Å²) >= 11 is 5.67. The summed E-state index contributed by atoms with van der Waals surface area (Å²) < 4.78 is 39.5. The van der Waals surface area contributed by atoms with E-state index in [1.807, 2.05) is 0 Å². The van der Waals surface area contributed by atoms with Gasteiger partial charge in [0, 0.05) is 13.1 Å². The Kier molecular flexibility index (Phi) is 3.60. The van der Waals surface area contributed by atoms with E-state index in [2.05, 4.69) is 0 Å². The molecule has 1 heterocycles. The lowest BCUT2D eigenvalue weighted by Gasteiger charge is -2.27. The highest BCUT2D eigenvalue weighted by molar-refractivity contribution is 7.89. The van der Waals surface area contributed by atoms with Crippen molar-refractivity contribution in [2.45, 2.75) is 30.6 Å². The van der Waals surface area contributed by atoms with Crippen LogP contribution in [0.1, 0.15) is 25.7 Å². The minimum atomic E-state index is -3.57. The monoisotopic (exact) mass is 315 g/mol. The normalized spacial score (nSPS) is 20.3. The van der Waals surface area contributed by atoms with Gasteiger partial charge in [-0.25, -0.2) is 12.8 Å². The zero-order valence-electron chi connectivity index (χ0n) is 10.9. The van der Waals surface area contributed by atoms with Crippen LogP contribution in [0.5, 0.6) is 0 Å². The Bertz CT molecular complexity index is 668. The van der Waals surface area contributed by atoms with Gasteiger partial charge in [-0.1, -0.05) is 22.7 Å². The number of halogens is 2. The van der Waals surface area contributed by atoms with E-state index < -0.39 is 15.8 Å². The predicted octanol–water partition coefficient (Wildman–Crippen LogP) is 3.35. The van der Waals surface area contributed by atoms with Crippen LogP contribution in [0, 0.1) is 5.82 Å². The number of nitrogens with zero attached hydrogens (tertiary/aromatic N) is 1. The first-order chi connectivity index (χ1) is 9.48. The summed E-state index contributed by atoms with van der Waals surface area (Å²) in [4.78, 5) is 0.0615. The maximum Gasteiger partial charge on any atom is 0.243 e. The molecule has 6 heteroatoms. The molecule has 0 bridgehead atoms. The molecule has 0 unspecified atom stereocenters. The molecule has 2 aliphatic rings. The van der Waals surface area contributed by atoms with Crippen molar-refractivity contribution in [3.63, 3.8) is 0 Å². The molecule has 3 rings (SSSR count). The maximum absolute atomic E-state index is 13.1. The fourth-order valence-corrected chi connectivity index (χ4v) is 4.27. The van der Waals surface area contributed by atoms with Gasteiger partial charge in [-0.3, -0.25) is 0 Å². The zero-order valence-corrected chi connectivity index (χ0v) is 12.5. The summed E-state index contributed by atoms with van der Waals surface area (Å²) in [5.41, 5.74) is 2.93. The smallest absolute Gasteiger partial charge is 0.207 e. The van der Waals surface area contributed by atoms with Crippen molar-refractivity contribution in [1.82, 2.24) is 4.31 Å². The highest BCUT2D eigenvalue weighted by Gasteiger charge is 2.30. The quantitative estimate of drug-likeness (QED) is 0.785. The summed E-state index contributed by atoms with van der Waals surface area (Å²) in [6.07, 6.45) is 3.97. The Morgan fingerprint density at radius 1 is 1.05 bits per heavy atom.